The van der Waals surface area contributed by atoms with Crippen molar-refractivity contribution < 1.29 is 8.42 Å². The van der Waals surface area contributed by atoms with E-state index in [1.165, 1.54) is 12.7 Å². The first kappa shape index (κ1) is 16.1. The van der Waals surface area contributed by atoms with E-state index in [-0.39, 0.29) is 21.7 Å². The molecule has 0 amide bonds. The second-order valence-electron chi connectivity index (χ2n) is 6.45. The fourth-order valence-electron chi connectivity index (χ4n) is 3.75. The summed E-state index contributed by atoms with van der Waals surface area (Å²) < 4.78 is 28.3. The lowest BCUT2D eigenvalue weighted by atomic mass is 9.95. The van der Waals surface area contributed by atoms with E-state index in [1.807, 2.05) is 4.57 Å². The molecule has 2 heterocycles. The molecule has 25 heavy (non-hydrogen) atoms. The van der Waals surface area contributed by atoms with Crippen molar-refractivity contribution >= 4 is 26.7 Å². The normalized spacial score (nSPS) is 16.3. The van der Waals surface area contributed by atoms with Gasteiger partial charge in [0.1, 0.15) is 22.7 Å². The Morgan fingerprint density at radius 1 is 1.08 bits per heavy atom. The van der Waals surface area contributed by atoms with E-state index in [4.69, 9.17) is 5.73 Å². The van der Waals surface area contributed by atoms with E-state index < -0.39 is 9.84 Å². The summed E-state index contributed by atoms with van der Waals surface area (Å²) >= 11 is 0. The molecule has 4 rings (SSSR count). The average molecular weight is 356 g/mol. The average Bonchev–Trinajstić information content (AvgIpc) is 2.95. The first-order valence-corrected chi connectivity index (χ1v) is 9.98. The zero-order chi connectivity index (χ0) is 17.4. The minimum Gasteiger partial charge on any atom is -0.384 e. The number of nitrogen functional groups attached to an aromatic ring is 1. The molecule has 7 heteroatoms. The monoisotopic (exact) mass is 356 g/mol. The lowest BCUT2D eigenvalue weighted by Gasteiger charge is -2.24. The van der Waals surface area contributed by atoms with Crippen LogP contribution in [0.25, 0.3) is 11.0 Å². The smallest absolute Gasteiger partial charge is 0.210 e. The summed E-state index contributed by atoms with van der Waals surface area (Å²) in [5.41, 5.74) is 6.99. The van der Waals surface area contributed by atoms with Crippen molar-refractivity contribution in [2.45, 2.75) is 47.9 Å². The molecule has 3 aromatic rings. The molecule has 2 N–H and O–H groups in total. The Bertz CT molecular complexity index is 1010. The van der Waals surface area contributed by atoms with Crippen molar-refractivity contribution in [1.29, 1.82) is 0 Å². The zero-order valence-electron chi connectivity index (χ0n) is 13.8. The van der Waals surface area contributed by atoms with Crippen LogP contribution < -0.4 is 5.73 Å². The van der Waals surface area contributed by atoms with Crippen LogP contribution in [0.1, 0.15) is 38.1 Å². The lowest BCUT2D eigenvalue weighted by molar-refractivity contribution is 0.362. The summed E-state index contributed by atoms with van der Waals surface area (Å²) in [6.45, 7) is 0. The molecule has 1 aromatic carbocycles. The van der Waals surface area contributed by atoms with Gasteiger partial charge in [0.25, 0.3) is 0 Å². The summed E-state index contributed by atoms with van der Waals surface area (Å²) in [5, 5.41) is 0.495. The molecular formula is C18H20N4O2S. The molecule has 1 fully saturated rings. The number of fused-ring (bicyclic) bond motifs is 1. The van der Waals surface area contributed by atoms with Gasteiger partial charge in [-0.1, -0.05) is 37.5 Å². The van der Waals surface area contributed by atoms with Gasteiger partial charge < -0.3 is 10.3 Å². The van der Waals surface area contributed by atoms with Gasteiger partial charge in [-0.3, -0.25) is 0 Å². The Labute approximate surface area is 146 Å². The number of rotatable bonds is 3. The third kappa shape index (κ3) is 2.59. The molecule has 0 bridgehead atoms. The minimum atomic E-state index is -3.74. The number of nitrogens with two attached hydrogens (primary N) is 1. The third-order valence-electron chi connectivity index (χ3n) is 4.92. The molecule has 2 aromatic heterocycles. The molecular weight excluding hydrogens is 336 g/mol. The molecule has 6 nitrogen and oxygen atoms in total. The number of hydrogen-bond donors (Lipinski definition) is 1. The highest BCUT2D eigenvalue weighted by Gasteiger charge is 2.31. The van der Waals surface area contributed by atoms with Crippen LogP contribution >= 0.6 is 0 Å². The number of benzene rings is 1. The zero-order valence-corrected chi connectivity index (χ0v) is 14.6. The van der Waals surface area contributed by atoms with Gasteiger partial charge in [0.2, 0.25) is 9.84 Å². The van der Waals surface area contributed by atoms with Crippen LogP contribution in [0, 0.1) is 0 Å². The summed E-state index contributed by atoms with van der Waals surface area (Å²) in [5.74, 6) is 0.270. The predicted octanol–water partition coefficient (Wildman–Crippen LogP) is 3.35. The van der Waals surface area contributed by atoms with Crippen molar-refractivity contribution in [1.82, 2.24) is 14.5 Å². The van der Waals surface area contributed by atoms with Gasteiger partial charge in [-0.25, -0.2) is 18.4 Å². The second kappa shape index (κ2) is 6.15. The van der Waals surface area contributed by atoms with Gasteiger partial charge >= 0.3 is 0 Å². The fourth-order valence-corrected chi connectivity index (χ4v) is 5.30. The van der Waals surface area contributed by atoms with Crippen molar-refractivity contribution in [2.75, 3.05) is 5.73 Å². The van der Waals surface area contributed by atoms with Gasteiger partial charge in [0, 0.05) is 12.2 Å². The summed E-state index contributed by atoms with van der Waals surface area (Å²) in [7, 11) is -3.74. The highest BCUT2D eigenvalue weighted by molar-refractivity contribution is 7.92. The van der Waals surface area contributed by atoms with Gasteiger partial charge in [-0.05, 0) is 25.0 Å². The highest BCUT2D eigenvalue weighted by atomic mass is 32.2. The van der Waals surface area contributed by atoms with E-state index in [2.05, 4.69) is 9.97 Å². The van der Waals surface area contributed by atoms with Crippen LogP contribution in [0.2, 0.25) is 0 Å². The molecule has 0 atom stereocenters. The van der Waals surface area contributed by atoms with Gasteiger partial charge in [-0.15, -0.1) is 0 Å². The number of anilines is 1. The predicted molar refractivity (Wildman–Crippen MR) is 96.0 cm³/mol. The van der Waals surface area contributed by atoms with Gasteiger partial charge in [0.05, 0.1) is 10.3 Å². The highest BCUT2D eigenvalue weighted by Crippen LogP contribution is 2.40. The minimum absolute atomic E-state index is 0.125. The Balaban J connectivity index is 1.98. The quantitative estimate of drug-likeness (QED) is 0.777. The maximum absolute atomic E-state index is 13.2. The topological polar surface area (TPSA) is 90.9 Å². The maximum Gasteiger partial charge on any atom is 0.210 e. The Hall–Kier alpha value is -2.41. The van der Waals surface area contributed by atoms with E-state index in [0.29, 0.717) is 11.0 Å². The van der Waals surface area contributed by atoms with Crippen LogP contribution in [0.4, 0.5) is 5.82 Å². The second-order valence-corrected chi connectivity index (χ2v) is 8.34. The van der Waals surface area contributed by atoms with Crippen molar-refractivity contribution in [2.24, 2.45) is 0 Å². The molecule has 0 spiro atoms. The van der Waals surface area contributed by atoms with Crippen molar-refractivity contribution in [3.63, 3.8) is 0 Å². The Morgan fingerprint density at radius 3 is 2.52 bits per heavy atom. The molecule has 0 aliphatic heterocycles. The molecule has 130 valence electrons. The number of nitrogens with zero attached hydrogens (tertiary/aromatic N) is 3. The van der Waals surface area contributed by atoms with E-state index in [1.54, 1.807) is 36.5 Å². The molecule has 0 radical (unpaired) electrons. The molecule has 1 aliphatic rings. The standard InChI is InChI=1S/C18H20N4O2S/c19-17-16(25(23,24)14-9-5-2-6-10-14)15-11-20-12-21-18(15)22(17)13-7-3-1-4-8-13/h2,5-6,9-13H,1,3-4,7-8,19H2. The summed E-state index contributed by atoms with van der Waals surface area (Å²) in [4.78, 5) is 8.74. The lowest BCUT2D eigenvalue weighted by Crippen LogP contribution is -2.16. The van der Waals surface area contributed by atoms with Crippen LogP contribution in [0.15, 0.2) is 52.6 Å². The SMILES string of the molecule is Nc1c(S(=O)(=O)c2ccccc2)c2cncnc2n1C1CCCCC1. The number of sulfone groups is 1. The van der Waals surface area contributed by atoms with Crippen LogP contribution in [0.5, 0.6) is 0 Å². The largest absolute Gasteiger partial charge is 0.384 e. The van der Waals surface area contributed by atoms with Crippen molar-refractivity contribution in [3.05, 3.63) is 42.9 Å². The Morgan fingerprint density at radius 2 is 1.80 bits per heavy atom. The summed E-state index contributed by atoms with van der Waals surface area (Å²) in [6.07, 6.45) is 8.42. The molecule has 0 saturated heterocycles. The maximum atomic E-state index is 13.2. The number of hydrogen-bond acceptors (Lipinski definition) is 5. The van der Waals surface area contributed by atoms with Crippen LogP contribution in [-0.4, -0.2) is 23.0 Å². The van der Waals surface area contributed by atoms with Crippen molar-refractivity contribution in [3.8, 4) is 0 Å². The first-order valence-electron chi connectivity index (χ1n) is 8.50. The molecule has 1 aliphatic carbocycles. The summed E-state index contributed by atoms with van der Waals surface area (Å²) in [6, 6.07) is 8.56. The van der Waals surface area contributed by atoms with Gasteiger partial charge in [-0.2, -0.15) is 0 Å². The van der Waals surface area contributed by atoms with E-state index >= 15 is 0 Å². The first-order chi connectivity index (χ1) is 12.1. The third-order valence-corrected chi connectivity index (χ3v) is 6.78. The number of aromatic nitrogens is 3. The van der Waals surface area contributed by atoms with E-state index in [9.17, 15) is 8.42 Å². The Kier molecular flexibility index (Phi) is 3.95. The van der Waals surface area contributed by atoms with Crippen LogP contribution in [-0.2, 0) is 9.84 Å². The van der Waals surface area contributed by atoms with Crippen LogP contribution in [0.3, 0.4) is 0 Å². The fraction of sp³-hybridized carbons (Fsp3) is 0.333. The van der Waals surface area contributed by atoms with Gasteiger partial charge in [0.15, 0.2) is 0 Å². The van der Waals surface area contributed by atoms with E-state index in [0.717, 1.165) is 25.7 Å². The molecule has 1 saturated carbocycles. The molecule has 0 unspecified atom stereocenters.